The highest BCUT2D eigenvalue weighted by atomic mass is 79.9. The smallest absolute Gasteiger partial charge is 0.440 e. The molecule has 2 amide bonds. The lowest BCUT2D eigenvalue weighted by Crippen LogP contribution is -2.58. The Morgan fingerprint density at radius 1 is 1.31 bits per heavy atom. The number of anilines is 1. The molecular weight excluding hydrogens is 467 g/mol. The van der Waals surface area contributed by atoms with E-state index >= 15 is 0 Å². The van der Waals surface area contributed by atoms with E-state index in [1.165, 1.54) is 18.0 Å². The molecule has 10 nitrogen and oxygen atoms in total. The van der Waals surface area contributed by atoms with Crippen LogP contribution in [0.4, 0.5) is 10.5 Å². The second-order valence-electron chi connectivity index (χ2n) is 7.19. The number of carbonyl (C=O) groups excluding carboxylic acids is 2. The van der Waals surface area contributed by atoms with Crippen LogP contribution in [-0.4, -0.2) is 49.1 Å². The molecule has 12 heteroatoms. The number of hydrogen-bond donors (Lipinski definition) is 1. The molecule has 1 aliphatic rings. The number of likely N-dealkylation sites (N-methyl/N-ethyl adjacent to an activating group) is 1. The van der Waals surface area contributed by atoms with Gasteiger partial charge in [-0.25, -0.2) is 9.36 Å². The average molecular weight is 489 g/mol. The summed E-state index contributed by atoms with van der Waals surface area (Å²) in [5, 5.41) is 2.44. The van der Waals surface area contributed by atoms with Crippen molar-refractivity contribution in [3.05, 3.63) is 33.8 Å². The largest absolute Gasteiger partial charge is 0.444 e. The average Bonchev–Trinajstić information content (AvgIpc) is 2.82. The second kappa shape index (κ2) is 8.01. The van der Waals surface area contributed by atoms with E-state index in [2.05, 4.69) is 26.0 Å². The quantitative estimate of drug-likeness (QED) is 0.293. The van der Waals surface area contributed by atoms with Crippen LogP contribution in [0.1, 0.15) is 26.3 Å². The summed E-state index contributed by atoms with van der Waals surface area (Å²) in [6.45, 7) is 4.93. The lowest BCUT2D eigenvalue weighted by atomic mass is 9.92. The molecule has 0 saturated carbocycles. The monoisotopic (exact) mass is 488 g/mol. The zero-order valence-electron chi connectivity index (χ0n) is 16.8. The van der Waals surface area contributed by atoms with Crippen molar-refractivity contribution < 1.29 is 32.7 Å². The first-order chi connectivity index (χ1) is 13.4. The number of amides is 2. The molecule has 1 N–H and O–H groups in total. The van der Waals surface area contributed by atoms with Crippen LogP contribution in [0.3, 0.4) is 0 Å². The Morgan fingerprint density at radius 2 is 1.90 bits per heavy atom. The van der Waals surface area contributed by atoms with Gasteiger partial charge in [0.1, 0.15) is 5.60 Å². The molecule has 0 saturated heterocycles. The molecule has 1 heterocycles. The van der Waals surface area contributed by atoms with Crippen molar-refractivity contribution >= 4 is 46.7 Å². The van der Waals surface area contributed by atoms with Crippen molar-refractivity contribution in [2.45, 2.75) is 31.9 Å². The molecule has 29 heavy (non-hydrogen) atoms. The first kappa shape index (κ1) is 23.3. The van der Waals surface area contributed by atoms with Gasteiger partial charge in [-0.3, -0.25) is 10.1 Å². The second-order valence-corrected chi connectivity index (χ2v) is 10.3. The number of carbonyl (C=O) groups is 2. The van der Waals surface area contributed by atoms with E-state index < -0.39 is 36.2 Å². The number of nitrogens with zero attached hydrogens (tertiary/aromatic N) is 3. The van der Waals surface area contributed by atoms with Gasteiger partial charge in [0.05, 0.1) is 5.69 Å². The van der Waals surface area contributed by atoms with Gasteiger partial charge in [-0.1, -0.05) is 22.0 Å². The maximum atomic E-state index is 13.4. The summed E-state index contributed by atoms with van der Waals surface area (Å²) >= 11 is 3.33. The van der Waals surface area contributed by atoms with Crippen molar-refractivity contribution in [2.24, 2.45) is 0 Å². The predicted molar refractivity (Wildman–Crippen MR) is 109 cm³/mol. The minimum Gasteiger partial charge on any atom is -0.444 e. The third-order valence-electron chi connectivity index (χ3n) is 4.21. The zero-order valence-corrected chi connectivity index (χ0v) is 19.3. The maximum absolute atomic E-state index is 13.4. The van der Waals surface area contributed by atoms with Crippen LogP contribution >= 0.6 is 23.5 Å². The topological polar surface area (TPSA) is 131 Å². The summed E-state index contributed by atoms with van der Waals surface area (Å²) in [7, 11) is -0.667. The van der Waals surface area contributed by atoms with E-state index in [4.69, 9.17) is 13.8 Å². The molecule has 1 aliphatic heterocycles. The number of hydrogen-bond acceptors (Lipinski definition) is 6. The number of ether oxygens (including phenoxy) is 1. The Morgan fingerprint density at radius 3 is 2.38 bits per heavy atom. The Balaban J connectivity index is 2.82. The first-order valence-electron chi connectivity index (χ1n) is 8.40. The SMILES string of the molecule is COP(=O)(OC)C(=[N+]=[N-])[C@@]1(NC(=O)OC(C)(C)C)C(=O)N(C)c2cc(Br)ccc21. The minimum atomic E-state index is -4.27. The molecule has 0 spiro atoms. The highest BCUT2D eigenvalue weighted by Crippen LogP contribution is 2.56. The third-order valence-corrected chi connectivity index (χ3v) is 6.61. The number of halogens is 1. The van der Waals surface area contributed by atoms with Crippen LogP contribution in [0.15, 0.2) is 22.7 Å². The number of rotatable bonds is 5. The highest BCUT2D eigenvalue weighted by molar-refractivity contribution is 9.10. The van der Waals surface area contributed by atoms with Gasteiger partial charge in [0.2, 0.25) is 0 Å². The van der Waals surface area contributed by atoms with Crippen LogP contribution in [0.25, 0.3) is 5.53 Å². The summed E-state index contributed by atoms with van der Waals surface area (Å²) in [6, 6.07) is 4.78. The van der Waals surface area contributed by atoms with Gasteiger partial charge in [0.15, 0.2) is 0 Å². The molecule has 1 aromatic rings. The standard InChI is InChI=1S/C17H22BrN4O6P/c1-16(2,3)28-15(24)20-17(13(21-19)29(25,26-5)27-6)11-8-7-10(18)9-12(11)22(4)14(17)23/h7-9H,1-6H3,(H,20,24)/t17-/m1/s1. The van der Waals surface area contributed by atoms with Crippen LogP contribution in [0.2, 0.25) is 0 Å². The van der Waals surface area contributed by atoms with E-state index in [1.807, 2.05) is 0 Å². The molecule has 1 atom stereocenters. The van der Waals surface area contributed by atoms with Gasteiger partial charge < -0.3 is 24.2 Å². The fourth-order valence-corrected chi connectivity index (χ4v) is 4.64. The molecule has 0 bridgehead atoms. The fourth-order valence-electron chi connectivity index (χ4n) is 3.01. The molecule has 158 valence electrons. The van der Waals surface area contributed by atoms with E-state index in [1.54, 1.807) is 32.9 Å². The summed E-state index contributed by atoms with van der Waals surface area (Å²) in [4.78, 5) is 30.4. The number of benzene rings is 1. The van der Waals surface area contributed by atoms with Gasteiger partial charge >= 0.3 is 19.1 Å². The fraction of sp³-hybridized carbons (Fsp3) is 0.471. The first-order valence-corrected chi connectivity index (χ1v) is 10.7. The number of alkyl carbamates (subject to hydrolysis) is 1. The molecular formula is C17H22BrN4O6P. The Hall–Kier alpha value is -2.03. The summed E-state index contributed by atoms with van der Waals surface area (Å²) < 4.78 is 29.0. The number of nitrogens with one attached hydrogen (secondary N) is 1. The van der Waals surface area contributed by atoms with Crippen LogP contribution < -0.4 is 10.2 Å². The van der Waals surface area contributed by atoms with Gasteiger partial charge in [0.25, 0.3) is 11.4 Å². The van der Waals surface area contributed by atoms with Crippen molar-refractivity contribution in [2.75, 3.05) is 26.2 Å². The normalized spacial score (nSPS) is 18.9. The summed E-state index contributed by atoms with van der Waals surface area (Å²) in [6.07, 6.45) is -0.991. The maximum Gasteiger partial charge on any atom is 0.440 e. The third kappa shape index (κ3) is 4.01. The molecule has 2 rings (SSSR count). The molecule has 0 aromatic heterocycles. The van der Waals surface area contributed by atoms with Crippen molar-refractivity contribution in [3.63, 3.8) is 0 Å². The van der Waals surface area contributed by atoms with E-state index in [-0.39, 0.29) is 5.56 Å². The minimum absolute atomic E-state index is 0.209. The summed E-state index contributed by atoms with van der Waals surface area (Å²) in [5.41, 5.74) is 6.60. The lowest BCUT2D eigenvalue weighted by Gasteiger charge is -2.28. The number of fused-ring (bicyclic) bond motifs is 1. The Labute approximate surface area is 176 Å². The predicted octanol–water partition coefficient (Wildman–Crippen LogP) is 3.26. The van der Waals surface area contributed by atoms with E-state index in [0.717, 1.165) is 14.2 Å². The molecule has 0 aliphatic carbocycles. The van der Waals surface area contributed by atoms with Crippen LogP contribution in [0, 0.1) is 0 Å². The van der Waals surface area contributed by atoms with Crippen molar-refractivity contribution in [3.8, 4) is 0 Å². The van der Waals surface area contributed by atoms with Crippen LogP contribution in [0.5, 0.6) is 0 Å². The van der Waals surface area contributed by atoms with Gasteiger partial charge in [-0.05, 0) is 32.9 Å². The zero-order chi connectivity index (χ0) is 22.2. The lowest BCUT2D eigenvalue weighted by molar-refractivity contribution is -0.123. The Kier molecular flexibility index (Phi) is 6.42. The molecule has 0 fully saturated rings. The molecule has 1 aromatic carbocycles. The Bertz CT molecular complexity index is 948. The van der Waals surface area contributed by atoms with Gasteiger partial charge in [0, 0.05) is 31.3 Å². The molecule has 0 unspecified atom stereocenters. The van der Waals surface area contributed by atoms with Crippen molar-refractivity contribution in [1.82, 2.24) is 5.32 Å². The molecule has 0 radical (unpaired) electrons. The van der Waals surface area contributed by atoms with E-state index in [9.17, 15) is 19.7 Å². The highest BCUT2D eigenvalue weighted by Gasteiger charge is 2.67. The van der Waals surface area contributed by atoms with Crippen LogP contribution in [-0.2, 0) is 28.7 Å². The van der Waals surface area contributed by atoms with Gasteiger partial charge in [-0.15, -0.1) is 0 Å². The van der Waals surface area contributed by atoms with Gasteiger partial charge in [-0.2, -0.15) is 4.79 Å². The summed E-state index contributed by atoms with van der Waals surface area (Å²) in [5.74, 6) is -0.737. The van der Waals surface area contributed by atoms with Crippen molar-refractivity contribution in [1.29, 1.82) is 0 Å². The van der Waals surface area contributed by atoms with E-state index in [0.29, 0.717) is 10.2 Å².